The smallest absolute Gasteiger partial charge is 0.240 e. The van der Waals surface area contributed by atoms with Crippen LogP contribution in [0.25, 0.3) is 0 Å². The number of hydrogen-bond donors (Lipinski definition) is 3. The summed E-state index contributed by atoms with van der Waals surface area (Å²) >= 11 is 4.67. The molecule has 5 N–H and O–H groups in total. The van der Waals surface area contributed by atoms with Gasteiger partial charge in [-0.05, 0) is 12.2 Å². The topological polar surface area (TPSA) is 117 Å². The number of thiocarbonyl (C=S) groups is 1. The fourth-order valence-corrected chi connectivity index (χ4v) is 2.33. The standard InChI is InChI=1S/C9H11N3O4S2/c10-9(17)12-5-3-6-7(16-2-1-15-6)4-8(5)18(11,13)14/h3-4H,1-2H2,(H3,10,12,17)(H2,11,13,14). The third kappa shape index (κ3) is 2.63. The molecule has 0 radical (unpaired) electrons. The predicted octanol–water partition coefficient (Wildman–Crippen LogP) is -0.239. The Morgan fingerprint density at radius 2 is 1.83 bits per heavy atom. The van der Waals surface area contributed by atoms with Gasteiger partial charge in [0.2, 0.25) is 10.0 Å². The van der Waals surface area contributed by atoms with Crippen molar-refractivity contribution in [3.8, 4) is 11.5 Å². The summed E-state index contributed by atoms with van der Waals surface area (Å²) in [4.78, 5) is -0.153. The van der Waals surface area contributed by atoms with Gasteiger partial charge in [-0.1, -0.05) is 0 Å². The highest BCUT2D eigenvalue weighted by atomic mass is 32.2. The largest absolute Gasteiger partial charge is 0.486 e. The summed E-state index contributed by atoms with van der Waals surface area (Å²) < 4.78 is 33.6. The lowest BCUT2D eigenvalue weighted by atomic mass is 10.2. The van der Waals surface area contributed by atoms with Gasteiger partial charge >= 0.3 is 0 Å². The van der Waals surface area contributed by atoms with Crippen molar-refractivity contribution in [2.24, 2.45) is 10.9 Å². The number of anilines is 1. The van der Waals surface area contributed by atoms with Crippen molar-refractivity contribution >= 4 is 33.0 Å². The molecular weight excluding hydrogens is 278 g/mol. The van der Waals surface area contributed by atoms with Gasteiger partial charge in [0.25, 0.3) is 0 Å². The minimum Gasteiger partial charge on any atom is -0.486 e. The maximum atomic E-state index is 11.5. The first-order chi connectivity index (χ1) is 8.38. The SMILES string of the molecule is NC(=S)Nc1cc2c(cc1S(N)(=O)=O)OCCO2. The van der Waals surface area contributed by atoms with Crippen LogP contribution >= 0.6 is 12.2 Å². The molecule has 0 unspecified atom stereocenters. The van der Waals surface area contributed by atoms with E-state index in [1.165, 1.54) is 12.1 Å². The maximum absolute atomic E-state index is 11.5. The Bertz CT molecular complexity index is 600. The fraction of sp³-hybridized carbons (Fsp3) is 0.222. The van der Waals surface area contributed by atoms with Gasteiger partial charge in [-0.3, -0.25) is 0 Å². The molecule has 0 aromatic heterocycles. The monoisotopic (exact) mass is 289 g/mol. The summed E-state index contributed by atoms with van der Waals surface area (Å²) in [5.74, 6) is 0.728. The summed E-state index contributed by atoms with van der Waals surface area (Å²) in [5.41, 5.74) is 5.49. The van der Waals surface area contributed by atoms with Gasteiger partial charge in [0, 0.05) is 12.1 Å². The van der Waals surface area contributed by atoms with Crippen LogP contribution in [0.3, 0.4) is 0 Å². The Balaban J connectivity index is 2.58. The van der Waals surface area contributed by atoms with Crippen LogP contribution in [-0.4, -0.2) is 26.7 Å². The molecular formula is C9H11N3O4S2. The van der Waals surface area contributed by atoms with E-state index in [1.54, 1.807) is 0 Å². The Morgan fingerprint density at radius 1 is 1.28 bits per heavy atom. The molecule has 18 heavy (non-hydrogen) atoms. The molecule has 1 aliphatic heterocycles. The number of rotatable bonds is 2. The highest BCUT2D eigenvalue weighted by Crippen LogP contribution is 2.37. The second-order valence-corrected chi connectivity index (χ2v) is 5.50. The van der Waals surface area contributed by atoms with Crippen molar-refractivity contribution in [1.29, 1.82) is 0 Å². The zero-order valence-electron chi connectivity index (χ0n) is 9.17. The lowest BCUT2D eigenvalue weighted by Crippen LogP contribution is -2.23. The number of nitrogens with one attached hydrogen (secondary N) is 1. The zero-order chi connectivity index (χ0) is 13.3. The first-order valence-corrected chi connectivity index (χ1v) is 6.86. The first kappa shape index (κ1) is 12.9. The lowest BCUT2D eigenvalue weighted by Gasteiger charge is -2.20. The van der Waals surface area contributed by atoms with E-state index in [0.717, 1.165) is 0 Å². The molecule has 0 aliphatic carbocycles. The molecule has 98 valence electrons. The van der Waals surface area contributed by atoms with Gasteiger partial charge in [-0.2, -0.15) is 0 Å². The third-order valence-electron chi connectivity index (χ3n) is 2.21. The van der Waals surface area contributed by atoms with E-state index in [2.05, 4.69) is 17.5 Å². The normalized spacial score (nSPS) is 14.1. The molecule has 1 heterocycles. The minimum atomic E-state index is -3.93. The van der Waals surface area contributed by atoms with Crippen LogP contribution in [0.2, 0.25) is 0 Å². The van der Waals surface area contributed by atoms with Crippen molar-refractivity contribution in [2.45, 2.75) is 4.90 Å². The average molecular weight is 289 g/mol. The molecule has 0 saturated carbocycles. The number of primary sulfonamides is 1. The molecule has 0 bridgehead atoms. The van der Waals surface area contributed by atoms with Crippen molar-refractivity contribution < 1.29 is 17.9 Å². The number of sulfonamides is 1. The van der Waals surface area contributed by atoms with E-state index in [-0.39, 0.29) is 15.7 Å². The number of hydrogen-bond acceptors (Lipinski definition) is 5. The van der Waals surface area contributed by atoms with Gasteiger partial charge in [0.05, 0.1) is 5.69 Å². The highest BCUT2D eigenvalue weighted by molar-refractivity contribution is 7.89. The Labute approximate surface area is 109 Å². The number of ether oxygens (including phenoxy) is 2. The van der Waals surface area contributed by atoms with Crippen molar-refractivity contribution in [2.75, 3.05) is 18.5 Å². The van der Waals surface area contributed by atoms with E-state index < -0.39 is 10.0 Å². The Hall–Kier alpha value is -1.58. The van der Waals surface area contributed by atoms with Crippen LogP contribution < -0.4 is 25.7 Å². The second kappa shape index (κ2) is 4.59. The van der Waals surface area contributed by atoms with Crippen LogP contribution in [0, 0.1) is 0 Å². The van der Waals surface area contributed by atoms with Crippen LogP contribution in [0.15, 0.2) is 17.0 Å². The van der Waals surface area contributed by atoms with Gasteiger partial charge < -0.3 is 20.5 Å². The first-order valence-electron chi connectivity index (χ1n) is 4.91. The molecule has 7 nitrogen and oxygen atoms in total. The van der Waals surface area contributed by atoms with Gasteiger partial charge in [-0.15, -0.1) is 0 Å². The molecule has 2 rings (SSSR count). The summed E-state index contributed by atoms with van der Waals surface area (Å²) in [6, 6.07) is 2.72. The van der Waals surface area contributed by atoms with Gasteiger partial charge in [0.1, 0.15) is 18.1 Å². The van der Waals surface area contributed by atoms with E-state index in [4.69, 9.17) is 20.3 Å². The minimum absolute atomic E-state index is 0.0726. The van der Waals surface area contributed by atoms with E-state index >= 15 is 0 Å². The highest BCUT2D eigenvalue weighted by Gasteiger charge is 2.21. The van der Waals surface area contributed by atoms with Crippen LogP contribution in [-0.2, 0) is 10.0 Å². The van der Waals surface area contributed by atoms with Crippen LogP contribution in [0.4, 0.5) is 5.69 Å². The maximum Gasteiger partial charge on any atom is 0.240 e. The third-order valence-corrected chi connectivity index (χ3v) is 3.26. The Morgan fingerprint density at radius 3 is 2.33 bits per heavy atom. The molecule has 1 aromatic rings. The second-order valence-electron chi connectivity index (χ2n) is 3.53. The quantitative estimate of drug-likeness (QED) is 0.643. The zero-order valence-corrected chi connectivity index (χ0v) is 10.8. The molecule has 0 saturated heterocycles. The van der Waals surface area contributed by atoms with E-state index in [0.29, 0.717) is 24.7 Å². The summed E-state index contributed by atoms with van der Waals surface area (Å²) in [5, 5.41) is 7.59. The number of benzene rings is 1. The summed E-state index contributed by atoms with van der Waals surface area (Å²) in [7, 11) is -3.93. The van der Waals surface area contributed by atoms with Gasteiger partial charge in [-0.25, -0.2) is 13.6 Å². The van der Waals surface area contributed by atoms with Gasteiger partial charge in [0.15, 0.2) is 16.6 Å². The molecule has 0 fully saturated rings. The summed E-state index contributed by atoms with van der Waals surface area (Å²) in [6.45, 7) is 0.730. The lowest BCUT2D eigenvalue weighted by molar-refractivity contribution is 0.171. The van der Waals surface area contributed by atoms with E-state index in [1.807, 2.05) is 0 Å². The Kier molecular flexibility index (Phi) is 3.28. The van der Waals surface area contributed by atoms with E-state index in [9.17, 15) is 8.42 Å². The van der Waals surface area contributed by atoms with Crippen LogP contribution in [0.1, 0.15) is 0 Å². The number of fused-ring (bicyclic) bond motifs is 1. The average Bonchev–Trinajstić information content (AvgIpc) is 2.26. The molecule has 0 amide bonds. The predicted molar refractivity (Wildman–Crippen MR) is 69.2 cm³/mol. The molecule has 0 spiro atoms. The fourth-order valence-electron chi connectivity index (χ4n) is 1.54. The molecule has 1 aliphatic rings. The molecule has 1 aromatic carbocycles. The molecule has 0 atom stereocenters. The van der Waals surface area contributed by atoms with Crippen LogP contribution in [0.5, 0.6) is 11.5 Å². The van der Waals surface area contributed by atoms with Crippen molar-refractivity contribution in [3.05, 3.63) is 12.1 Å². The van der Waals surface area contributed by atoms with Crippen molar-refractivity contribution in [1.82, 2.24) is 0 Å². The summed E-state index contributed by atoms with van der Waals surface area (Å²) in [6.07, 6.45) is 0. The number of nitrogens with two attached hydrogens (primary N) is 2. The van der Waals surface area contributed by atoms with Crippen molar-refractivity contribution in [3.63, 3.8) is 0 Å². The molecule has 9 heteroatoms.